The van der Waals surface area contributed by atoms with Gasteiger partial charge in [0.1, 0.15) is 13.2 Å². The summed E-state index contributed by atoms with van der Waals surface area (Å²) in [5.74, 6) is 1.54. The molecule has 158 valence electrons. The highest BCUT2D eigenvalue weighted by Crippen LogP contribution is 2.32. The molecule has 2 aromatic carbocycles. The van der Waals surface area contributed by atoms with Crippen molar-refractivity contribution in [1.82, 2.24) is 4.90 Å². The number of Topliss-reactive ketones (excluding diaryl/α,β-unsaturated/α-hetero) is 1. The number of piperidine rings is 1. The minimum absolute atomic E-state index is 0.00630. The lowest BCUT2D eigenvalue weighted by Gasteiger charge is -2.31. The van der Waals surface area contributed by atoms with Gasteiger partial charge in [0.2, 0.25) is 5.91 Å². The van der Waals surface area contributed by atoms with Crippen LogP contribution >= 0.6 is 15.9 Å². The molecule has 7 heteroatoms. The zero-order valence-corrected chi connectivity index (χ0v) is 18.3. The Hall–Kier alpha value is -2.38. The van der Waals surface area contributed by atoms with Crippen LogP contribution in [-0.4, -0.2) is 49.4 Å². The Morgan fingerprint density at radius 2 is 1.70 bits per heavy atom. The third-order valence-corrected chi connectivity index (χ3v) is 6.10. The number of hydrogen-bond acceptors (Lipinski definition) is 5. The first-order valence-corrected chi connectivity index (χ1v) is 11.1. The van der Waals surface area contributed by atoms with Crippen molar-refractivity contribution in [3.05, 3.63) is 52.5 Å². The van der Waals surface area contributed by atoms with Crippen molar-refractivity contribution in [3.8, 4) is 11.5 Å². The highest BCUT2D eigenvalue weighted by molar-refractivity contribution is 9.10. The summed E-state index contributed by atoms with van der Waals surface area (Å²) < 4.78 is 12.1. The molecular formula is C23H25BrN2O4. The Balaban J connectivity index is 1.23. The van der Waals surface area contributed by atoms with Crippen LogP contribution in [0.1, 0.15) is 29.6 Å². The molecule has 1 N–H and O–H groups in total. The van der Waals surface area contributed by atoms with Crippen LogP contribution in [0.5, 0.6) is 11.5 Å². The van der Waals surface area contributed by atoms with Gasteiger partial charge < -0.3 is 19.7 Å². The largest absolute Gasteiger partial charge is 0.486 e. The fraction of sp³-hybridized carbons (Fsp3) is 0.391. The SMILES string of the molecule is O=C(CCN1CCC(C(=O)c2ccc3c(c2)OCCO3)CC1)Nc1ccc(Br)cc1. The molecule has 2 aliphatic rings. The lowest BCUT2D eigenvalue weighted by Crippen LogP contribution is -2.38. The summed E-state index contributed by atoms with van der Waals surface area (Å²) in [4.78, 5) is 27.4. The summed E-state index contributed by atoms with van der Waals surface area (Å²) in [7, 11) is 0. The van der Waals surface area contributed by atoms with Crippen molar-refractivity contribution in [2.75, 3.05) is 38.2 Å². The number of ketones is 1. The van der Waals surface area contributed by atoms with Crippen molar-refractivity contribution >= 4 is 33.3 Å². The molecule has 0 aliphatic carbocycles. The van der Waals surface area contributed by atoms with Gasteiger partial charge in [-0.2, -0.15) is 0 Å². The molecule has 0 aromatic heterocycles. The van der Waals surface area contributed by atoms with E-state index < -0.39 is 0 Å². The maximum atomic E-state index is 12.9. The number of fused-ring (bicyclic) bond motifs is 1. The minimum Gasteiger partial charge on any atom is -0.486 e. The molecule has 0 saturated carbocycles. The summed E-state index contributed by atoms with van der Waals surface area (Å²) in [6.45, 7) is 3.41. The summed E-state index contributed by atoms with van der Waals surface area (Å²) in [6.07, 6.45) is 2.06. The molecule has 0 spiro atoms. The van der Waals surface area contributed by atoms with Crippen LogP contribution in [0.4, 0.5) is 5.69 Å². The second-order valence-electron chi connectivity index (χ2n) is 7.64. The van der Waals surface area contributed by atoms with Gasteiger partial charge in [-0.15, -0.1) is 0 Å². The predicted molar refractivity (Wildman–Crippen MR) is 118 cm³/mol. The number of benzene rings is 2. The molecule has 0 bridgehead atoms. The van der Waals surface area contributed by atoms with E-state index in [1.54, 1.807) is 6.07 Å². The van der Waals surface area contributed by atoms with Crippen molar-refractivity contribution in [2.24, 2.45) is 5.92 Å². The van der Waals surface area contributed by atoms with E-state index in [2.05, 4.69) is 26.1 Å². The van der Waals surface area contributed by atoms with E-state index in [4.69, 9.17) is 9.47 Å². The van der Waals surface area contributed by atoms with E-state index in [0.717, 1.165) is 36.1 Å². The number of nitrogens with zero attached hydrogens (tertiary/aromatic N) is 1. The Kier molecular flexibility index (Phi) is 6.69. The lowest BCUT2D eigenvalue weighted by molar-refractivity contribution is -0.116. The summed E-state index contributed by atoms with van der Waals surface area (Å²) in [6, 6.07) is 13.0. The van der Waals surface area contributed by atoms with Crippen molar-refractivity contribution in [3.63, 3.8) is 0 Å². The molecule has 1 fully saturated rings. The van der Waals surface area contributed by atoms with Crippen LogP contribution in [0.2, 0.25) is 0 Å². The van der Waals surface area contributed by atoms with E-state index >= 15 is 0 Å². The maximum Gasteiger partial charge on any atom is 0.225 e. The standard InChI is InChI=1S/C23H25BrN2O4/c24-18-2-4-19(5-3-18)25-22(27)9-12-26-10-7-16(8-11-26)23(28)17-1-6-20-21(15-17)30-14-13-29-20/h1-6,15-16H,7-14H2,(H,25,27). The van der Waals surface area contributed by atoms with E-state index in [1.165, 1.54) is 0 Å². The van der Waals surface area contributed by atoms with Gasteiger partial charge in [-0.3, -0.25) is 9.59 Å². The van der Waals surface area contributed by atoms with E-state index in [-0.39, 0.29) is 17.6 Å². The number of halogens is 1. The Bertz CT molecular complexity index is 908. The molecule has 6 nitrogen and oxygen atoms in total. The molecule has 0 atom stereocenters. The van der Waals surface area contributed by atoms with Gasteiger partial charge in [-0.1, -0.05) is 15.9 Å². The average molecular weight is 473 g/mol. The van der Waals surface area contributed by atoms with E-state index in [0.29, 0.717) is 43.2 Å². The molecule has 30 heavy (non-hydrogen) atoms. The Labute approximate surface area is 184 Å². The first-order chi connectivity index (χ1) is 14.6. The molecule has 0 unspecified atom stereocenters. The van der Waals surface area contributed by atoms with Crippen LogP contribution < -0.4 is 14.8 Å². The highest BCUT2D eigenvalue weighted by atomic mass is 79.9. The lowest BCUT2D eigenvalue weighted by atomic mass is 9.88. The Morgan fingerprint density at radius 1 is 1.00 bits per heavy atom. The number of rotatable bonds is 6. The van der Waals surface area contributed by atoms with Crippen molar-refractivity contribution in [2.45, 2.75) is 19.3 Å². The van der Waals surface area contributed by atoms with Gasteiger partial charge in [-0.05, 0) is 68.4 Å². The van der Waals surface area contributed by atoms with Crippen molar-refractivity contribution in [1.29, 1.82) is 0 Å². The van der Waals surface area contributed by atoms with Gasteiger partial charge in [0, 0.05) is 34.6 Å². The third-order valence-electron chi connectivity index (χ3n) is 5.57. The molecule has 2 aromatic rings. The van der Waals surface area contributed by atoms with Gasteiger partial charge in [0.15, 0.2) is 17.3 Å². The van der Waals surface area contributed by atoms with E-state index in [9.17, 15) is 9.59 Å². The normalized spacial score (nSPS) is 16.8. The number of anilines is 1. The monoisotopic (exact) mass is 472 g/mol. The van der Waals surface area contributed by atoms with Gasteiger partial charge in [0.25, 0.3) is 0 Å². The first kappa shape index (κ1) is 20.9. The second kappa shape index (κ2) is 9.62. The summed E-state index contributed by atoms with van der Waals surface area (Å²) in [5.41, 5.74) is 1.48. The molecule has 2 aliphatic heterocycles. The zero-order chi connectivity index (χ0) is 20.9. The predicted octanol–water partition coefficient (Wildman–Crippen LogP) is 4.14. The van der Waals surface area contributed by atoms with E-state index in [1.807, 2.05) is 36.4 Å². The molecule has 0 radical (unpaired) electrons. The quantitative estimate of drug-likeness (QED) is 0.639. The summed E-state index contributed by atoms with van der Waals surface area (Å²) >= 11 is 3.39. The Morgan fingerprint density at radius 3 is 2.43 bits per heavy atom. The number of amides is 1. The third kappa shape index (κ3) is 5.21. The smallest absolute Gasteiger partial charge is 0.225 e. The number of hydrogen-bond donors (Lipinski definition) is 1. The highest BCUT2D eigenvalue weighted by Gasteiger charge is 2.27. The average Bonchev–Trinajstić information content (AvgIpc) is 2.79. The van der Waals surface area contributed by atoms with Crippen LogP contribution in [0.25, 0.3) is 0 Å². The number of likely N-dealkylation sites (tertiary alicyclic amines) is 1. The number of carbonyl (C=O) groups is 2. The van der Waals surface area contributed by atoms with Crippen LogP contribution in [-0.2, 0) is 4.79 Å². The fourth-order valence-corrected chi connectivity index (χ4v) is 4.13. The van der Waals surface area contributed by atoms with Gasteiger partial charge in [-0.25, -0.2) is 0 Å². The number of nitrogens with one attached hydrogen (secondary N) is 1. The van der Waals surface area contributed by atoms with Crippen LogP contribution in [0, 0.1) is 5.92 Å². The number of ether oxygens (including phenoxy) is 2. The second-order valence-corrected chi connectivity index (χ2v) is 8.56. The first-order valence-electron chi connectivity index (χ1n) is 10.3. The van der Waals surface area contributed by atoms with Gasteiger partial charge >= 0.3 is 0 Å². The van der Waals surface area contributed by atoms with Crippen LogP contribution in [0.3, 0.4) is 0 Å². The van der Waals surface area contributed by atoms with Crippen molar-refractivity contribution < 1.29 is 19.1 Å². The maximum absolute atomic E-state index is 12.9. The van der Waals surface area contributed by atoms with Gasteiger partial charge in [0.05, 0.1) is 0 Å². The zero-order valence-electron chi connectivity index (χ0n) is 16.7. The molecule has 1 saturated heterocycles. The molecular weight excluding hydrogens is 448 g/mol. The fourth-order valence-electron chi connectivity index (χ4n) is 3.87. The summed E-state index contributed by atoms with van der Waals surface area (Å²) in [5, 5.41) is 2.92. The molecule has 1 amide bonds. The van der Waals surface area contributed by atoms with Crippen LogP contribution in [0.15, 0.2) is 46.9 Å². The molecule has 2 heterocycles. The number of carbonyl (C=O) groups excluding carboxylic acids is 2. The topological polar surface area (TPSA) is 67.9 Å². The minimum atomic E-state index is 0.00630. The molecule has 4 rings (SSSR count).